The van der Waals surface area contributed by atoms with Crippen LogP contribution in [0, 0.1) is 0 Å². The second-order valence-electron chi connectivity index (χ2n) is 9.98. The number of rotatable bonds is 10. The number of ether oxygens (including phenoxy) is 5. The molecule has 13 heteroatoms. The molecule has 4 rings (SSSR count). The lowest BCUT2D eigenvalue weighted by Gasteiger charge is -2.40. The number of hydroxylamine groups is 2. The Balaban J connectivity index is 1.71. The first-order valence-electron chi connectivity index (χ1n) is 13.5. The maximum atomic E-state index is 13.4. The highest BCUT2D eigenvalue weighted by Crippen LogP contribution is 2.50. The summed E-state index contributed by atoms with van der Waals surface area (Å²) < 4.78 is 27.9. The maximum Gasteiger partial charge on any atom is 0.237 e. The molecule has 1 amide bonds. The molecule has 1 saturated heterocycles. The summed E-state index contributed by atoms with van der Waals surface area (Å²) in [5, 5.41) is 34.1. The van der Waals surface area contributed by atoms with Crippen molar-refractivity contribution >= 4 is 5.91 Å². The van der Waals surface area contributed by atoms with Crippen LogP contribution in [0.25, 0.3) is 11.1 Å². The molecule has 5 atom stereocenters. The lowest BCUT2D eigenvalue weighted by atomic mass is 9.95. The van der Waals surface area contributed by atoms with Crippen LogP contribution in [0.3, 0.4) is 0 Å². The predicted molar refractivity (Wildman–Crippen MR) is 150 cm³/mol. The zero-order valence-corrected chi connectivity index (χ0v) is 24.3. The van der Waals surface area contributed by atoms with Crippen molar-refractivity contribution in [3.05, 3.63) is 45.6 Å². The van der Waals surface area contributed by atoms with E-state index >= 15 is 0 Å². The number of methoxy groups -OCH3 is 4. The summed E-state index contributed by atoms with van der Waals surface area (Å²) in [5.74, 6) is 0.989. The summed E-state index contributed by atoms with van der Waals surface area (Å²) in [6.45, 7) is -0.812. The van der Waals surface area contributed by atoms with E-state index in [-0.39, 0.29) is 24.1 Å². The Hall–Kier alpha value is -3.46. The Kier molecular flexibility index (Phi) is 10.2. The number of carbonyl (C=O) groups is 1. The molecule has 2 aliphatic rings. The summed E-state index contributed by atoms with van der Waals surface area (Å²) in [5.41, 5.74) is 2.41. The molecule has 0 radical (unpaired) electrons. The van der Waals surface area contributed by atoms with Gasteiger partial charge in [0, 0.05) is 12.0 Å². The number of carbonyl (C=O) groups excluding carboxylic acids is 1. The number of nitrogens with one attached hydrogen (secondary N) is 1. The van der Waals surface area contributed by atoms with Gasteiger partial charge in [-0.25, -0.2) is 0 Å². The van der Waals surface area contributed by atoms with Crippen molar-refractivity contribution in [3.8, 4) is 34.1 Å². The fraction of sp³-hybridized carbons (Fsp3) is 0.517. The Labute approximate surface area is 243 Å². The first kappa shape index (κ1) is 31.5. The molecule has 0 aromatic heterocycles. The molecule has 42 heavy (non-hydrogen) atoms. The SMILES string of the molecule is COc1cc2c(c(OC)c1OC)-c1ccc(OC)c(=O)cc1[C@@H](NC(=O)CN(OC)C1C[C@@H](O)[C@H](O)[C@@H](CO)O1)CC2. The molecule has 4 N–H and O–H groups in total. The topological polar surface area (TPSA) is 165 Å². The molecule has 1 aliphatic carbocycles. The molecule has 1 unspecified atom stereocenters. The van der Waals surface area contributed by atoms with Gasteiger partial charge in [0.25, 0.3) is 0 Å². The highest BCUT2D eigenvalue weighted by molar-refractivity contribution is 5.84. The van der Waals surface area contributed by atoms with Gasteiger partial charge in [-0.3, -0.25) is 14.4 Å². The first-order chi connectivity index (χ1) is 20.2. The lowest BCUT2D eigenvalue weighted by Crippen LogP contribution is -2.56. The number of benzene rings is 1. The average molecular weight is 591 g/mol. The minimum absolute atomic E-state index is 0.0427. The van der Waals surface area contributed by atoms with Crippen molar-refractivity contribution in [3.63, 3.8) is 0 Å². The minimum Gasteiger partial charge on any atom is -0.493 e. The molecule has 0 bridgehead atoms. The second-order valence-corrected chi connectivity index (χ2v) is 9.98. The van der Waals surface area contributed by atoms with E-state index in [4.69, 9.17) is 28.5 Å². The van der Waals surface area contributed by atoms with Crippen LogP contribution >= 0.6 is 0 Å². The van der Waals surface area contributed by atoms with Gasteiger partial charge < -0.3 is 44.3 Å². The highest BCUT2D eigenvalue weighted by atomic mass is 16.7. The minimum atomic E-state index is -1.27. The van der Waals surface area contributed by atoms with E-state index in [1.165, 1.54) is 46.7 Å². The van der Waals surface area contributed by atoms with E-state index in [0.717, 1.165) is 5.56 Å². The third kappa shape index (κ3) is 6.16. The zero-order chi connectivity index (χ0) is 30.6. The van der Waals surface area contributed by atoms with E-state index < -0.39 is 43.1 Å². The van der Waals surface area contributed by atoms with Crippen LogP contribution in [0.1, 0.15) is 30.0 Å². The fourth-order valence-corrected chi connectivity index (χ4v) is 5.55. The van der Waals surface area contributed by atoms with Gasteiger partial charge in [0.15, 0.2) is 17.2 Å². The number of aryl methyl sites for hydroxylation is 1. The Morgan fingerprint density at radius 3 is 2.36 bits per heavy atom. The lowest BCUT2D eigenvalue weighted by molar-refractivity contribution is -0.292. The standard InChI is InChI=1S/C29H38N2O11/c1-37-21-9-7-16-17(11-19(21)33)18(8-6-15-10-22(38-2)28(39-3)29(40-4)26(15)16)30-24(35)13-31(41-5)25-12-20(34)27(36)23(14-32)42-25/h7,9-11,18,20,23,25,27,32,34,36H,6,8,12-14H2,1-5H3,(H,30,35)/t18-,20+,23+,25?,27-/m0/s1. The van der Waals surface area contributed by atoms with Crippen LogP contribution in [-0.4, -0.2) is 99.5 Å². The highest BCUT2D eigenvalue weighted by Gasteiger charge is 2.40. The van der Waals surface area contributed by atoms with Crippen LogP contribution in [0.2, 0.25) is 0 Å². The monoisotopic (exact) mass is 590 g/mol. The van der Waals surface area contributed by atoms with E-state index in [9.17, 15) is 24.9 Å². The third-order valence-corrected chi connectivity index (χ3v) is 7.64. The number of amides is 1. The number of hydrogen-bond acceptors (Lipinski definition) is 12. The van der Waals surface area contributed by atoms with Gasteiger partial charge in [-0.05, 0) is 47.7 Å². The quantitative estimate of drug-likeness (QED) is 0.284. The maximum absolute atomic E-state index is 13.4. The van der Waals surface area contributed by atoms with Gasteiger partial charge in [0.1, 0.15) is 25.0 Å². The van der Waals surface area contributed by atoms with Crippen molar-refractivity contribution in [1.29, 1.82) is 0 Å². The molecular weight excluding hydrogens is 552 g/mol. The van der Waals surface area contributed by atoms with Crippen molar-refractivity contribution in [1.82, 2.24) is 10.4 Å². The summed E-state index contributed by atoms with van der Waals surface area (Å²) in [7, 11) is 7.33. The van der Waals surface area contributed by atoms with Gasteiger partial charge in [-0.1, -0.05) is 6.07 Å². The molecule has 1 heterocycles. The second kappa shape index (κ2) is 13.7. The van der Waals surface area contributed by atoms with Gasteiger partial charge in [0.2, 0.25) is 17.1 Å². The largest absolute Gasteiger partial charge is 0.493 e. The molecule has 1 aliphatic heterocycles. The van der Waals surface area contributed by atoms with Gasteiger partial charge in [-0.2, -0.15) is 5.06 Å². The van der Waals surface area contributed by atoms with Gasteiger partial charge in [0.05, 0.1) is 54.3 Å². The normalized spacial score (nSPS) is 23.3. The number of aliphatic hydroxyl groups excluding tert-OH is 3. The average Bonchev–Trinajstić information content (AvgIpc) is 3.24. The number of nitrogens with zero attached hydrogens (tertiary/aromatic N) is 1. The summed E-state index contributed by atoms with van der Waals surface area (Å²) in [6, 6.07) is 6.04. The summed E-state index contributed by atoms with van der Waals surface area (Å²) >= 11 is 0. The molecule has 0 saturated carbocycles. The number of hydrogen-bond donors (Lipinski definition) is 4. The van der Waals surface area contributed by atoms with Crippen LogP contribution in [0.15, 0.2) is 29.1 Å². The smallest absolute Gasteiger partial charge is 0.237 e. The molecular formula is C29H38N2O11. The van der Waals surface area contributed by atoms with E-state index in [0.29, 0.717) is 46.8 Å². The molecule has 1 fully saturated rings. The Bertz CT molecular complexity index is 1340. The molecule has 13 nitrogen and oxygen atoms in total. The van der Waals surface area contributed by atoms with Crippen LogP contribution in [0.5, 0.6) is 23.0 Å². The molecule has 230 valence electrons. The fourth-order valence-electron chi connectivity index (χ4n) is 5.55. The Morgan fingerprint density at radius 2 is 1.74 bits per heavy atom. The summed E-state index contributed by atoms with van der Waals surface area (Å²) in [6.07, 6.45) is -3.50. The van der Waals surface area contributed by atoms with Gasteiger partial charge in [-0.15, -0.1) is 0 Å². The number of fused-ring (bicyclic) bond motifs is 3. The summed E-state index contributed by atoms with van der Waals surface area (Å²) in [4.78, 5) is 31.9. The molecule has 2 aromatic rings. The first-order valence-corrected chi connectivity index (χ1v) is 13.5. The van der Waals surface area contributed by atoms with Gasteiger partial charge >= 0.3 is 0 Å². The zero-order valence-electron chi connectivity index (χ0n) is 24.3. The van der Waals surface area contributed by atoms with E-state index in [1.807, 2.05) is 6.07 Å². The molecule has 0 spiro atoms. The van der Waals surface area contributed by atoms with Crippen LogP contribution in [-0.2, 0) is 20.8 Å². The van der Waals surface area contributed by atoms with Crippen molar-refractivity contribution in [2.75, 3.05) is 48.7 Å². The predicted octanol–water partition coefficient (Wildman–Crippen LogP) is 0.544. The van der Waals surface area contributed by atoms with Crippen LogP contribution < -0.4 is 29.7 Å². The third-order valence-electron chi connectivity index (χ3n) is 7.64. The molecule has 2 aromatic carbocycles. The van der Waals surface area contributed by atoms with E-state index in [2.05, 4.69) is 5.32 Å². The Morgan fingerprint density at radius 1 is 1.02 bits per heavy atom. The van der Waals surface area contributed by atoms with Crippen molar-refractivity contribution < 1.29 is 48.6 Å². The van der Waals surface area contributed by atoms with Crippen molar-refractivity contribution in [2.24, 2.45) is 0 Å². The number of aliphatic hydroxyl groups is 3. The van der Waals surface area contributed by atoms with E-state index in [1.54, 1.807) is 12.1 Å². The van der Waals surface area contributed by atoms with Crippen molar-refractivity contribution in [2.45, 2.75) is 49.8 Å². The van der Waals surface area contributed by atoms with Crippen LogP contribution in [0.4, 0.5) is 0 Å².